The van der Waals surface area contributed by atoms with Crippen molar-refractivity contribution in [2.24, 2.45) is 7.05 Å². The maximum Gasteiger partial charge on any atom is 0.255 e. The molecule has 0 aromatic carbocycles. The van der Waals surface area contributed by atoms with Gasteiger partial charge in [0.1, 0.15) is 5.82 Å². The van der Waals surface area contributed by atoms with E-state index in [1.54, 1.807) is 23.1 Å². The van der Waals surface area contributed by atoms with E-state index in [4.69, 9.17) is 5.73 Å². The van der Waals surface area contributed by atoms with Crippen molar-refractivity contribution in [1.82, 2.24) is 20.1 Å². The molecule has 7 heteroatoms. The second-order valence-electron chi connectivity index (χ2n) is 5.64. The molecule has 22 heavy (non-hydrogen) atoms. The standard InChI is InChI=1S/C15H19N5O2/c1-20-8-10(7-18-20)9-5-11(14(16)17-6-9)15(22)19-12-3-2-4-13(12)21/h5-8,12-13,21H,2-4H2,1H3,(H2,16,17)(H,19,22)/t12-,13-/m0/s1. The highest BCUT2D eigenvalue weighted by Gasteiger charge is 2.27. The van der Waals surface area contributed by atoms with E-state index in [2.05, 4.69) is 15.4 Å². The molecule has 3 rings (SSSR count). The zero-order valence-corrected chi connectivity index (χ0v) is 12.4. The number of aryl methyl sites for hydroxylation is 1. The van der Waals surface area contributed by atoms with Crippen LogP contribution < -0.4 is 11.1 Å². The fraction of sp³-hybridized carbons (Fsp3) is 0.400. The minimum atomic E-state index is -0.486. The van der Waals surface area contributed by atoms with E-state index in [-0.39, 0.29) is 17.8 Å². The van der Waals surface area contributed by atoms with Gasteiger partial charge in [-0.15, -0.1) is 0 Å². The lowest BCUT2D eigenvalue weighted by Gasteiger charge is -2.17. The molecule has 0 saturated heterocycles. The Morgan fingerprint density at radius 1 is 1.41 bits per heavy atom. The Hall–Kier alpha value is -2.41. The summed E-state index contributed by atoms with van der Waals surface area (Å²) in [5.41, 5.74) is 7.79. The lowest BCUT2D eigenvalue weighted by atomic mass is 10.1. The van der Waals surface area contributed by atoms with E-state index >= 15 is 0 Å². The number of hydrogen-bond donors (Lipinski definition) is 3. The van der Waals surface area contributed by atoms with Gasteiger partial charge in [0.05, 0.1) is 23.9 Å². The second kappa shape index (κ2) is 5.76. The normalized spacial score (nSPS) is 21.0. The van der Waals surface area contributed by atoms with E-state index in [9.17, 15) is 9.90 Å². The molecule has 0 spiro atoms. The molecule has 2 aromatic heterocycles. The molecule has 2 atom stereocenters. The summed E-state index contributed by atoms with van der Waals surface area (Å²) in [5.74, 6) is -0.126. The highest BCUT2D eigenvalue weighted by atomic mass is 16.3. The quantitative estimate of drug-likeness (QED) is 0.774. The molecule has 0 aliphatic heterocycles. The van der Waals surface area contributed by atoms with Gasteiger partial charge in [0, 0.05) is 30.6 Å². The fourth-order valence-corrected chi connectivity index (χ4v) is 2.74. The number of nitrogen functional groups attached to an aromatic ring is 1. The Morgan fingerprint density at radius 2 is 2.23 bits per heavy atom. The molecule has 116 valence electrons. The molecule has 0 unspecified atom stereocenters. The van der Waals surface area contributed by atoms with E-state index in [1.807, 2.05) is 13.2 Å². The first-order valence-corrected chi connectivity index (χ1v) is 7.28. The molecule has 2 aromatic rings. The lowest BCUT2D eigenvalue weighted by molar-refractivity contribution is 0.0874. The maximum atomic E-state index is 12.4. The maximum absolute atomic E-state index is 12.4. The van der Waals surface area contributed by atoms with Crippen LogP contribution in [0.4, 0.5) is 5.82 Å². The number of pyridine rings is 1. The summed E-state index contributed by atoms with van der Waals surface area (Å²) in [7, 11) is 1.82. The number of carbonyl (C=O) groups is 1. The number of hydrogen-bond acceptors (Lipinski definition) is 5. The third-order valence-electron chi connectivity index (χ3n) is 4.00. The van der Waals surface area contributed by atoms with Gasteiger partial charge in [-0.2, -0.15) is 5.10 Å². The summed E-state index contributed by atoms with van der Waals surface area (Å²) < 4.78 is 1.68. The number of amides is 1. The van der Waals surface area contributed by atoms with Crippen molar-refractivity contribution in [3.8, 4) is 11.1 Å². The Bertz CT molecular complexity index is 697. The molecular weight excluding hydrogens is 282 g/mol. The fourth-order valence-electron chi connectivity index (χ4n) is 2.74. The summed E-state index contributed by atoms with van der Waals surface area (Å²) >= 11 is 0. The van der Waals surface area contributed by atoms with Crippen LogP contribution >= 0.6 is 0 Å². The van der Waals surface area contributed by atoms with Crippen molar-refractivity contribution >= 4 is 11.7 Å². The summed E-state index contributed by atoms with van der Waals surface area (Å²) in [5, 5.41) is 16.8. The molecule has 7 nitrogen and oxygen atoms in total. The summed E-state index contributed by atoms with van der Waals surface area (Å²) in [6, 6.07) is 1.49. The number of nitrogens with two attached hydrogens (primary N) is 1. The zero-order valence-electron chi connectivity index (χ0n) is 12.4. The molecule has 1 saturated carbocycles. The molecule has 1 aliphatic rings. The third-order valence-corrected chi connectivity index (χ3v) is 4.00. The number of anilines is 1. The minimum Gasteiger partial charge on any atom is -0.391 e. The minimum absolute atomic E-state index is 0.178. The number of nitrogens with one attached hydrogen (secondary N) is 1. The first kappa shape index (κ1) is 14.5. The van der Waals surface area contributed by atoms with Crippen LogP contribution in [0.3, 0.4) is 0 Å². The first-order chi connectivity index (χ1) is 10.5. The molecule has 4 N–H and O–H groups in total. The van der Waals surface area contributed by atoms with Crippen LogP contribution in [-0.2, 0) is 7.05 Å². The van der Waals surface area contributed by atoms with Crippen molar-refractivity contribution in [3.63, 3.8) is 0 Å². The van der Waals surface area contributed by atoms with Gasteiger partial charge in [0.2, 0.25) is 0 Å². The first-order valence-electron chi connectivity index (χ1n) is 7.28. The number of rotatable bonds is 3. The molecular formula is C15H19N5O2. The van der Waals surface area contributed by atoms with E-state index in [1.165, 1.54) is 0 Å². The largest absolute Gasteiger partial charge is 0.391 e. The molecule has 1 fully saturated rings. The Morgan fingerprint density at radius 3 is 2.86 bits per heavy atom. The van der Waals surface area contributed by atoms with Crippen molar-refractivity contribution in [3.05, 3.63) is 30.2 Å². The van der Waals surface area contributed by atoms with Gasteiger partial charge in [-0.1, -0.05) is 0 Å². The van der Waals surface area contributed by atoms with Crippen molar-refractivity contribution in [2.45, 2.75) is 31.4 Å². The Labute approximate surface area is 128 Å². The summed E-state index contributed by atoms with van der Waals surface area (Å²) in [6.45, 7) is 0. The summed E-state index contributed by atoms with van der Waals surface area (Å²) in [4.78, 5) is 16.5. The Balaban J connectivity index is 1.84. The van der Waals surface area contributed by atoms with E-state index in [0.717, 1.165) is 24.0 Å². The summed E-state index contributed by atoms with van der Waals surface area (Å²) in [6.07, 6.45) is 7.09. The van der Waals surface area contributed by atoms with Crippen LogP contribution in [0.1, 0.15) is 29.6 Å². The SMILES string of the molecule is Cn1cc(-c2cnc(N)c(C(=O)N[C@H]3CCC[C@@H]3O)c2)cn1. The third kappa shape index (κ3) is 2.80. The average molecular weight is 301 g/mol. The van der Waals surface area contributed by atoms with Crippen LogP contribution in [0, 0.1) is 0 Å². The highest BCUT2D eigenvalue weighted by Crippen LogP contribution is 2.23. The smallest absolute Gasteiger partial charge is 0.255 e. The monoisotopic (exact) mass is 301 g/mol. The number of aliphatic hydroxyl groups excluding tert-OH is 1. The average Bonchev–Trinajstić information content (AvgIpc) is 3.09. The van der Waals surface area contributed by atoms with Crippen LogP contribution in [0.25, 0.3) is 11.1 Å². The van der Waals surface area contributed by atoms with Crippen LogP contribution in [0.15, 0.2) is 24.7 Å². The van der Waals surface area contributed by atoms with Gasteiger partial charge in [0.25, 0.3) is 5.91 Å². The topological polar surface area (TPSA) is 106 Å². The lowest BCUT2D eigenvalue weighted by Crippen LogP contribution is -2.40. The molecule has 0 radical (unpaired) electrons. The van der Waals surface area contributed by atoms with Crippen molar-refractivity contribution in [2.75, 3.05) is 5.73 Å². The van der Waals surface area contributed by atoms with Gasteiger partial charge in [0.15, 0.2) is 0 Å². The van der Waals surface area contributed by atoms with Crippen LogP contribution in [-0.4, -0.2) is 37.9 Å². The highest BCUT2D eigenvalue weighted by molar-refractivity contribution is 5.99. The number of aromatic nitrogens is 3. The molecule has 2 heterocycles. The second-order valence-corrected chi connectivity index (χ2v) is 5.64. The van der Waals surface area contributed by atoms with Gasteiger partial charge < -0.3 is 16.2 Å². The number of carbonyl (C=O) groups excluding carboxylic acids is 1. The molecule has 1 aliphatic carbocycles. The predicted octanol–water partition coefficient (Wildman–Crippen LogP) is 0.707. The van der Waals surface area contributed by atoms with E-state index in [0.29, 0.717) is 12.0 Å². The predicted molar refractivity (Wildman–Crippen MR) is 82.0 cm³/mol. The van der Waals surface area contributed by atoms with E-state index < -0.39 is 6.10 Å². The van der Waals surface area contributed by atoms with Gasteiger partial charge >= 0.3 is 0 Å². The van der Waals surface area contributed by atoms with Gasteiger partial charge in [-0.05, 0) is 25.3 Å². The van der Waals surface area contributed by atoms with Gasteiger partial charge in [-0.3, -0.25) is 9.48 Å². The van der Waals surface area contributed by atoms with Crippen molar-refractivity contribution in [1.29, 1.82) is 0 Å². The molecule has 1 amide bonds. The van der Waals surface area contributed by atoms with Crippen molar-refractivity contribution < 1.29 is 9.90 Å². The van der Waals surface area contributed by atoms with Crippen LogP contribution in [0.5, 0.6) is 0 Å². The number of aliphatic hydroxyl groups is 1. The zero-order chi connectivity index (χ0) is 15.7. The van der Waals surface area contributed by atoms with Gasteiger partial charge in [-0.25, -0.2) is 4.98 Å². The molecule has 0 bridgehead atoms. The number of nitrogens with zero attached hydrogens (tertiary/aromatic N) is 3. The van der Waals surface area contributed by atoms with Crippen LogP contribution in [0.2, 0.25) is 0 Å². The Kier molecular flexibility index (Phi) is 3.81.